The van der Waals surface area contributed by atoms with Gasteiger partial charge in [-0.1, -0.05) is 18.2 Å². The molecule has 100 valence electrons. The van der Waals surface area contributed by atoms with Gasteiger partial charge in [0.15, 0.2) is 0 Å². The zero-order valence-electron chi connectivity index (χ0n) is 11.6. The number of carbonyl (C=O) groups is 1. The molecule has 19 heavy (non-hydrogen) atoms. The van der Waals surface area contributed by atoms with Crippen LogP contribution in [0.3, 0.4) is 0 Å². The lowest BCUT2D eigenvalue weighted by atomic mass is 10.2. The fraction of sp³-hybridized carbons (Fsp3) is 0.333. The quantitative estimate of drug-likeness (QED) is 0.830. The molecule has 0 bridgehead atoms. The van der Waals surface area contributed by atoms with Crippen LogP contribution in [0.2, 0.25) is 0 Å². The summed E-state index contributed by atoms with van der Waals surface area (Å²) in [6.45, 7) is 2.95. The van der Waals surface area contributed by atoms with Crippen LogP contribution in [-0.2, 0) is 4.79 Å². The highest BCUT2D eigenvalue weighted by Crippen LogP contribution is 2.14. The van der Waals surface area contributed by atoms with Crippen molar-refractivity contribution in [3.8, 4) is 0 Å². The summed E-state index contributed by atoms with van der Waals surface area (Å²) >= 11 is 0. The van der Waals surface area contributed by atoms with Crippen molar-refractivity contribution in [3.63, 3.8) is 0 Å². The van der Waals surface area contributed by atoms with E-state index in [1.807, 2.05) is 26.2 Å². The smallest absolute Gasteiger partial charge is 0.225 e. The van der Waals surface area contributed by atoms with Gasteiger partial charge in [0.25, 0.3) is 0 Å². The van der Waals surface area contributed by atoms with E-state index in [4.69, 9.17) is 0 Å². The predicted molar refractivity (Wildman–Crippen MR) is 79.5 cm³/mol. The summed E-state index contributed by atoms with van der Waals surface area (Å²) < 4.78 is 0. The molecule has 0 aliphatic carbocycles. The van der Waals surface area contributed by atoms with E-state index in [0.717, 1.165) is 11.4 Å². The lowest BCUT2D eigenvalue weighted by molar-refractivity contribution is -0.124. The monoisotopic (exact) mass is 257 g/mol. The van der Waals surface area contributed by atoms with Gasteiger partial charge in [-0.15, -0.1) is 0 Å². The van der Waals surface area contributed by atoms with Crippen LogP contribution in [0.15, 0.2) is 35.3 Å². The Balaban J connectivity index is 2.08. The van der Waals surface area contributed by atoms with Gasteiger partial charge in [-0.3, -0.25) is 14.7 Å². The van der Waals surface area contributed by atoms with E-state index in [1.54, 1.807) is 11.8 Å². The van der Waals surface area contributed by atoms with E-state index in [0.29, 0.717) is 13.1 Å². The second kappa shape index (κ2) is 5.69. The molecule has 1 amide bonds. The van der Waals surface area contributed by atoms with E-state index in [9.17, 15) is 4.79 Å². The van der Waals surface area contributed by atoms with Gasteiger partial charge in [-0.25, -0.2) is 0 Å². The number of nitrogens with zero attached hydrogens (tertiary/aromatic N) is 3. The zero-order chi connectivity index (χ0) is 13.8. The second-order valence-corrected chi connectivity index (χ2v) is 4.73. The van der Waals surface area contributed by atoms with Crippen LogP contribution in [0.5, 0.6) is 0 Å². The minimum atomic E-state index is 0.0452. The standard InChI is InChI=1S/C15H19N3O/c1-12(19)18-11-10-16-15(18)9-6-13-4-7-14(8-5-13)17(2)3/h4-9H,10-11H2,1-3H3/b9-6+. The number of rotatable bonds is 3. The highest BCUT2D eigenvalue weighted by atomic mass is 16.2. The molecule has 2 rings (SSSR count). The van der Waals surface area contributed by atoms with Gasteiger partial charge < -0.3 is 4.90 Å². The molecule has 0 spiro atoms. The topological polar surface area (TPSA) is 35.9 Å². The molecule has 1 aliphatic rings. The molecule has 4 nitrogen and oxygen atoms in total. The van der Waals surface area contributed by atoms with Crippen LogP contribution in [0, 0.1) is 0 Å². The third-order valence-electron chi connectivity index (χ3n) is 3.09. The van der Waals surface area contributed by atoms with Gasteiger partial charge in [0, 0.05) is 33.3 Å². The van der Waals surface area contributed by atoms with Crippen molar-refractivity contribution in [2.75, 3.05) is 32.1 Å². The Labute approximate surface area is 114 Å². The number of hydrogen-bond donors (Lipinski definition) is 0. The Morgan fingerprint density at radius 1 is 1.26 bits per heavy atom. The molecule has 4 heteroatoms. The minimum absolute atomic E-state index is 0.0452. The third kappa shape index (κ3) is 3.22. The first kappa shape index (κ1) is 13.3. The van der Waals surface area contributed by atoms with Crippen LogP contribution in [0.1, 0.15) is 12.5 Å². The van der Waals surface area contributed by atoms with Crippen molar-refractivity contribution in [3.05, 3.63) is 35.9 Å². The van der Waals surface area contributed by atoms with Crippen LogP contribution in [0.4, 0.5) is 5.69 Å². The SMILES string of the molecule is CC(=O)N1CCN=C1/C=C/c1ccc(N(C)C)cc1. The average Bonchev–Trinajstić information content (AvgIpc) is 2.85. The largest absolute Gasteiger partial charge is 0.378 e. The Bertz CT molecular complexity index is 515. The maximum Gasteiger partial charge on any atom is 0.225 e. The summed E-state index contributed by atoms with van der Waals surface area (Å²) in [4.78, 5) is 19.5. The molecule has 0 aromatic heterocycles. The Morgan fingerprint density at radius 2 is 1.95 bits per heavy atom. The molecular weight excluding hydrogens is 238 g/mol. The zero-order valence-corrected chi connectivity index (χ0v) is 11.6. The summed E-state index contributed by atoms with van der Waals surface area (Å²) in [7, 11) is 4.03. The van der Waals surface area contributed by atoms with Gasteiger partial charge in [0.2, 0.25) is 5.91 Å². The number of amidine groups is 1. The van der Waals surface area contributed by atoms with Gasteiger partial charge in [-0.2, -0.15) is 0 Å². The van der Waals surface area contributed by atoms with Crippen molar-refractivity contribution in [1.82, 2.24) is 4.90 Å². The Morgan fingerprint density at radius 3 is 2.53 bits per heavy atom. The summed E-state index contributed by atoms with van der Waals surface area (Å²) in [5.74, 6) is 0.799. The van der Waals surface area contributed by atoms with Crippen LogP contribution in [-0.4, -0.2) is 43.8 Å². The molecule has 0 atom stereocenters. The fourth-order valence-electron chi connectivity index (χ4n) is 1.98. The van der Waals surface area contributed by atoms with E-state index < -0.39 is 0 Å². The van der Waals surface area contributed by atoms with Crippen LogP contribution in [0.25, 0.3) is 6.08 Å². The van der Waals surface area contributed by atoms with E-state index >= 15 is 0 Å². The predicted octanol–water partition coefficient (Wildman–Crippen LogP) is 2.03. The third-order valence-corrected chi connectivity index (χ3v) is 3.09. The number of benzene rings is 1. The first-order valence-corrected chi connectivity index (χ1v) is 6.36. The summed E-state index contributed by atoms with van der Waals surface area (Å²) in [6, 6.07) is 8.25. The first-order valence-electron chi connectivity index (χ1n) is 6.36. The van der Waals surface area contributed by atoms with Crippen LogP contribution >= 0.6 is 0 Å². The number of aliphatic imine (C=N–C) groups is 1. The molecule has 1 aliphatic heterocycles. The van der Waals surface area contributed by atoms with Crippen LogP contribution < -0.4 is 4.90 Å². The molecule has 0 radical (unpaired) electrons. The average molecular weight is 257 g/mol. The minimum Gasteiger partial charge on any atom is -0.378 e. The fourth-order valence-corrected chi connectivity index (χ4v) is 1.98. The molecule has 1 heterocycles. The maximum atomic E-state index is 11.4. The van der Waals surface area contributed by atoms with Crippen molar-refractivity contribution >= 4 is 23.5 Å². The number of hydrogen-bond acceptors (Lipinski definition) is 3. The molecule has 0 saturated carbocycles. The van der Waals surface area contributed by atoms with Crippen molar-refractivity contribution in [1.29, 1.82) is 0 Å². The normalized spacial score (nSPS) is 14.9. The molecular formula is C15H19N3O. The Kier molecular flexibility index (Phi) is 4.00. The molecule has 0 N–H and O–H groups in total. The number of amides is 1. The molecule has 1 aromatic carbocycles. The summed E-state index contributed by atoms with van der Waals surface area (Å²) in [5.41, 5.74) is 2.27. The molecule has 0 fully saturated rings. The molecule has 0 saturated heterocycles. The highest BCUT2D eigenvalue weighted by Gasteiger charge is 2.17. The lowest BCUT2D eigenvalue weighted by Gasteiger charge is -2.13. The lowest BCUT2D eigenvalue weighted by Crippen LogP contribution is -2.30. The molecule has 1 aromatic rings. The van der Waals surface area contributed by atoms with Gasteiger partial charge in [0.1, 0.15) is 5.84 Å². The van der Waals surface area contributed by atoms with E-state index in [2.05, 4.69) is 34.2 Å². The highest BCUT2D eigenvalue weighted by molar-refractivity contribution is 6.06. The second-order valence-electron chi connectivity index (χ2n) is 4.73. The van der Waals surface area contributed by atoms with Gasteiger partial charge in [0.05, 0.1) is 6.54 Å². The van der Waals surface area contributed by atoms with Crippen molar-refractivity contribution in [2.24, 2.45) is 4.99 Å². The first-order chi connectivity index (χ1) is 9.08. The number of anilines is 1. The summed E-state index contributed by atoms with van der Waals surface area (Å²) in [5, 5.41) is 0. The van der Waals surface area contributed by atoms with Gasteiger partial charge >= 0.3 is 0 Å². The maximum absolute atomic E-state index is 11.4. The Hall–Kier alpha value is -2.10. The number of carbonyl (C=O) groups excluding carboxylic acids is 1. The summed E-state index contributed by atoms with van der Waals surface area (Å²) in [6.07, 6.45) is 3.89. The van der Waals surface area contributed by atoms with Gasteiger partial charge in [-0.05, 0) is 23.8 Å². The van der Waals surface area contributed by atoms with E-state index in [1.165, 1.54) is 5.69 Å². The van der Waals surface area contributed by atoms with Crippen molar-refractivity contribution < 1.29 is 4.79 Å². The van der Waals surface area contributed by atoms with Crippen molar-refractivity contribution in [2.45, 2.75) is 6.92 Å². The molecule has 0 unspecified atom stereocenters. The van der Waals surface area contributed by atoms with E-state index in [-0.39, 0.29) is 5.91 Å².